The number of carbonyl (C=O) groups excluding carboxylic acids is 1. The highest BCUT2D eigenvalue weighted by Crippen LogP contribution is 2.40. The Bertz CT molecular complexity index is 2280. The quantitative estimate of drug-likeness (QED) is 0.0974. The van der Waals surface area contributed by atoms with E-state index in [1.165, 1.54) is 0 Å². The average molecular weight is 810 g/mol. The van der Waals surface area contributed by atoms with E-state index in [0.717, 1.165) is 57.8 Å². The summed E-state index contributed by atoms with van der Waals surface area (Å²) in [4.78, 5) is 15.3. The van der Waals surface area contributed by atoms with E-state index in [-0.39, 0.29) is 24.8 Å². The van der Waals surface area contributed by atoms with Crippen molar-refractivity contribution in [1.82, 2.24) is 10.2 Å². The van der Waals surface area contributed by atoms with Crippen molar-refractivity contribution < 1.29 is 29.2 Å². The van der Waals surface area contributed by atoms with Gasteiger partial charge in [0, 0.05) is 48.9 Å². The fraction of sp³-hybridized carbons (Fsp3) is 0.245. The molecule has 0 spiro atoms. The van der Waals surface area contributed by atoms with Gasteiger partial charge in [0.25, 0.3) is 0 Å². The first-order chi connectivity index (χ1) is 28.8. The number of hydrogen-bond acceptors (Lipinski definition) is 7. The summed E-state index contributed by atoms with van der Waals surface area (Å²) < 4.78 is 19.2. The van der Waals surface area contributed by atoms with Gasteiger partial charge in [-0.05, 0) is 94.8 Å². The average Bonchev–Trinajstić information content (AvgIpc) is 3.28. The number of benzene rings is 6. The van der Waals surface area contributed by atoms with Crippen LogP contribution >= 0.6 is 11.6 Å². The topological polar surface area (TPSA) is 113 Å². The Morgan fingerprint density at radius 2 is 1.42 bits per heavy atom. The first-order valence-corrected chi connectivity index (χ1v) is 20.5. The molecule has 0 aliphatic carbocycles. The summed E-state index contributed by atoms with van der Waals surface area (Å²) in [5.41, 5.74) is 6.45. The summed E-state index contributed by atoms with van der Waals surface area (Å²) in [5.74, 6) is 1.43. The number of rotatable bonds is 12. The zero-order valence-electron chi connectivity index (χ0n) is 32.7. The molecule has 10 heteroatoms. The molecular weight excluding hydrogens is 762 g/mol. The number of nitrogens with one attached hydrogen (secondary N) is 2. The lowest BCUT2D eigenvalue weighted by Crippen LogP contribution is -2.46. The molecule has 8 rings (SSSR count). The maximum atomic E-state index is 12.9. The van der Waals surface area contributed by atoms with Gasteiger partial charge in [-0.3, -0.25) is 0 Å². The summed E-state index contributed by atoms with van der Waals surface area (Å²) in [5, 5.41) is 27.7. The molecule has 0 radical (unpaired) electrons. The zero-order chi connectivity index (χ0) is 40.6. The maximum absolute atomic E-state index is 12.9. The number of para-hydroxylation sites is 1. The molecule has 2 amide bonds. The predicted molar refractivity (Wildman–Crippen MR) is 230 cm³/mol. The van der Waals surface area contributed by atoms with E-state index in [0.29, 0.717) is 48.8 Å². The van der Waals surface area contributed by atoms with Crippen LogP contribution < -0.4 is 15.4 Å². The molecule has 4 N–H and O–H groups in total. The first kappa shape index (κ1) is 40.3. The van der Waals surface area contributed by atoms with E-state index in [4.69, 9.17) is 25.8 Å². The van der Waals surface area contributed by atoms with E-state index in [2.05, 4.69) is 33.7 Å². The lowest BCUT2D eigenvalue weighted by Gasteiger charge is -2.42. The number of carbonyl (C=O) groups is 1. The first-order valence-electron chi connectivity index (χ1n) is 20.1. The lowest BCUT2D eigenvalue weighted by molar-refractivity contribution is -0.253. The van der Waals surface area contributed by atoms with Crippen LogP contribution in [0, 0.1) is 0 Å². The van der Waals surface area contributed by atoms with Gasteiger partial charge < -0.3 is 40.0 Å². The molecular formula is C49H48ClN3O6. The summed E-state index contributed by atoms with van der Waals surface area (Å²) in [6, 6.07) is 48.2. The van der Waals surface area contributed by atoms with Crippen LogP contribution in [0.25, 0.3) is 11.1 Å². The molecule has 0 aromatic heterocycles. The van der Waals surface area contributed by atoms with Gasteiger partial charge in [-0.2, -0.15) is 0 Å². The SMILES string of the molecule is O=C(NCc1ccccc1-c1ccc([C@H]2O[C@@H](CN3CCC(O)(c4ccc(Cl)cc4)CC3)C[C@@H](c3ccc(CO)cc3)O2)cc1)Nc1ccc(Oc2ccccc2)cc1. The number of nitrogens with zero attached hydrogens (tertiary/aromatic N) is 1. The molecule has 2 aliphatic heterocycles. The third-order valence-electron chi connectivity index (χ3n) is 11.2. The van der Waals surface area contributed by atoms with Gasteiger partial charge in [0.2, 0.25) is 0 Å². The largest absolute Gasteiger partial charge is 0.457 e. The Kier molecular flexibility index (Phi) is 12.7. The predicted octanol–water partition coefficient (Wildman–Crippen LogP) is 10.1. The Hall–Kier alpha value is -5.52. The fourth-order valence-electron chi connectivity index (χ4n) is 7.83. The maximum Gasteiger partial charge on any atom is 0.319 e. The van der Waals surface area contributed by atoms with Crippen LogP contribution in [0.4, 0.5) is 10.5 Å². The zero-order valence-corrected chi connectivity index (χ0v) is 33.4. The lowest BCUT2D eigenvalue weighted by atomic mass is 9.84. The van der Waals surface area contributed by atoms with Crippen molar-refractivity contribution in [3.8, 4) is 22.6 Å². The standard InChI is InChI=1S/C49H48ClN3O6/c50-40-20-18-39(19-21-40)49(56)26-28-53(29-27-49)32-44-30-46(36-12-10-34(33-54)11-13-36)59-47(58-44)37-16-14-35(15-17-37)45-9-5-4-6-38(45)31-51-48(55)52-41-22-24-43(25-23-41)57-42-7-2-1-3-8-42/h1-25,44,46-47,54,56H,26-33H2,(H2,51,52,55)/t44-,46+,47+/m1/s1. The number of piperidine rings is 1. The Balaban J connectivity index is 0.913. The highest BCUT2D eigenvalue weighted by atomic mass is 35.5. The number of aliphatic hydroxyl groups is 2. The van der Waals surface area contributed by atoms with Gasteiger partial charge in [-0.25, -0.2) is 4.79 Å². The van der Waals surface area contributed by atoms with Gasteiger partial charge >= 0.3 is 6.03 Å². The van der Waals surface area contributed by atoms with Crippen LogP contribution in [0.2, 0.25) is 5.02 Å². The Morgan fingerprint density at radius 3 is 2.14 bits per heavy atom. The van der Waals surface area contributed by atoms with Crippen LogP contribution in [-0.2, 0) is 28.2 Å². The van der Waals surface area contributed by atoms with Gasteiger partial charge in [0.1, 0.15) is 11.5 Å². The normalized spacial score (nSPS) is 19.1. The van der Waals surface area contributed by atoms with E-state index in [1.807, 2.05) is 133 Å². The van der Waals surface area contributed by atoms with E-state index in [1.54, 1.807) is 0 Å². The van der Waals surface area contributed by atoms with Crippen molar-refractivity contribution in [2.24, 2.45) is 0 Å². The smallest absolute Gasteiger partial charge is 0.319 e. The number of hydrogen-bond donors (Lipinski definition) is 4. The number of anilines is 1. The number of ether oxygens (including phenoxy) is 3. The van der Waals surface area contributed by atoms with Crippen molar-refractivity contribution in [1.29, 1.82) is 0 Å². The van der Waals surface area contributed by atoms with Crippen LogP contribution in [0.15, 0.2) is 152 Å². The highest BCUT2D eigenvalue weighted by molar-refractivity contribution is 6.30. The van der Waals surface area contributed by atoms with Gasteiger partial charge in [0.05, 0.1) is 24.4 Å². The van der Waals surface area contributed by atoms with E-state index >= 15 is 0 Å². The number of aliphatic hydroxyl groups excluding tert-OH is 1. The second kappa shape index (κ2) is 18.6. The molecule has 59 heavy (non-hydrogen) atoms. The molecule has 6 aromatic carbocycles. The van der Waals surface area contributed by atoms with Crippen LogP contribution in [0.5, 0.6) is 11.5 Å². The van der Waals surface area contributed by atoms with Crippen LogP contribution in [-0.4, -0.2) is 46.9 Å². The molecule has 2 fully saturated rings. The molecule has 2 saturated heterocycles. The van der Waals surface area contributed by atoms with Crippen LogP contribution in [0.3, 0.4) is 0 Å². The van der Waals surface area contributed by atoms with Crippen molar-refractivity contribution in [3.05, 3.63) is 184 Å². The second-order valence-corrected chi connectivity index (χ2v) is 15.7. The molecule has 9 nitrogen and oxygen atoms in total. The summed E-state index contributed by atoms with van der Waals surface area (Å²) in [7, 11) is 0. The number of urea groups is 1. The summed E-state index contributed by atoms with van der Waals surface area (Å²) in [6.07, 6.45) is 0.996. The van der Waals surface area contributed by atoms with Crippen molar-refractivity contribution in [3.63, 3.8) is 0 Å². The minimum Gasteiger partial charge on any atom is -0.457 e. The molecule has 6 aromatic rings. The Morgan fingerprint density at radius 1 is 0.763 bits per heavy atom. The van der Waals surface area contributed by atoms with Crippen molar-refractivity contribution in [2.45, 2.75) is 56.5 Å². The molecule has 302 valence electrons. The summed E-state index contributed by atoms with van der Waals surface area (Å²) in [6.45, 7) is 2.50. The third-order valence-corrected chi connectivity index (χ3v) is 11.4. The Labute approximate surface area is 350 Å². The van der Waals surface area contributed by atoms with Crippen molar-refractivity contribution in [2.75, 3.05) is 25.0 Å². The summed E-state index contributed by atoms with van der Waals surface area (Å²) >= 11 is 6.11. The van der Waals surface area contributed by atoms with Gasteiger partial charge in [-0.15, -0.1) is 0 Å². The molecule has 2 aliphatic rings. The second-order valence-electron chi connectivity index (χ2n) is 15.2. The molecule has 3 atom stereocenters. The third kappa shape index (κ3) is 10.2. The highest BCUT2D eigenvalue weighted by Gasteiger charge is 2.37. The minimum atomic E-state index is -0.883. The van der Waals surface area contributed by atoms with E-state index < -0.39 is 11.9 Å². The molecule has 0 unspecified atom stereocenters. The fourth-order valence-corrected chi connectivity index (χ4v) is 7.96. The van der Waals surface area contributed by atoms with Crippen molar-refractivity contribution >= 4 is 23.3 Å². The number of likely N-dealkylation sites (tertiary alicyclic amines) is 1. The monoisotopic (exact) mass is 809 g/mol. The van der Waals surface area contributed by atoms with Gasteiger partial charge in [-0.1, -0.05) is 115 Å². The van der Waals surface area contributed by atoms with Crippen LogP contribution in [0.1, 0.15) is 59.5 Å². The van der Waals surface area contributed by atoms with E-state index in [9.17, 15) is 15.0 Å². The van der Waals surface area contributed by atoms with Gasteiger partial charge in [0.15, 0.2) is 6.29 Å². The molecule has 0 saturated carbocycles. The molecule has 0 bridgehead atoms. The molecule has 2 heterocycles. The minimum absolute atomic E-state index is 0.0171. The number of halogens is 1. The number of amides is 2.